The third kappa shape index (κ3) is 14.5. The van der Waals surface area contributed by atoms with Gasteiger partial charge in [-0.15, -0.1) is 19.7 Å². The van der Waals surface area contributed by atoms with Crippen molar-refractivity contribution in [2.24, 2.45) is 46.3 Å². The Hall–Kier alpha value is -2.16. The van der Waals surface area contributed by atoms with Crippen LogP contribution in [0, 0.1) is 46.3 Å². The Labute approximate surface area is 307 Å². The van der Waals surface area contributed by atoms with Gasteiger partial charge in [0.25, 0.3) is 0 Å². The monoisotopic (exact) mass is 678 g/mol. The van der Waals surface area contributed by atoms with E-state index in [0.29, 0.717) is 35.4 Å². The topological polar surface area (TPSA) is 36.1 Å². The molecule has 3 aliphatic carbocycles. The molecule has 0 aliphatic heterocycles. The van der Waals surface area contributed by atoms with E-state index in [1.54, 1.807) is 6.08 Å². The van der Waals surface area contributed by atoms with Crippen LogP contribution in [-0.4, -0.2) is 18.1 Å². The Bertz CT molecular complexity index is 1090. The fourth-order valence-electron chi connectivity index (χ4n) is 8.17. The predicted molar refractivity (Wildman–Crippen MR) is 221 cm³/mol. The lowest BCUT2D eigenvalue weighted by atomic mass is 9.79. The molecule has 0 bridgehead atoms. The Kier molecular flexibility index (Phi) is 18.9. The van der Waals surface area contributed by atoms with Gasteiger partial charge in [0.15, 0.2) is 0 Å². The van der Waals surface area contributed by atoms with Crippen LogP contribution in [-0.2, 0) is 0 Å². The van der Waals surface area contributed by atoms with Crippen LogP contribution in [0.5, 0.6) is 0 Å². The summed E-state index contributed by atoms with van der Waals surface area (Å²) in [6.07, 6.45) is 15.5. The van der Waals surface area contributed by atoms with Crippen molar-refractivity contribution in [2.45, 2.75) is 172 Å². The number of nitrogens with one attached hydrogen (secondary N) is 3. The molecule has 5 unspecified atom stereocenters. The second-order valence-corrected chi connectivity index (χ2v) is 17.9. The minimum absolute atomic E-state index is 0.195. The maximum atomic E-state index is 4.44. The average molecular weight is 678 g/mol. The quantitative estimate of drug-likeness (QED) is 0.112. The molecular formula is C46H83N3. The maximum Gasteiger partial charge on any atom is 0.0917 e. The lowest BCUT2D eigenvalue weighted by Crippen LogP contribution is -2.47. The molecule has 0 aromatic heterocycles. The van der Waals surface area contributed by atoms with E-state index in [2.05, 4.69) is 132 Å². The molecule has 3 rings (SSSR count). The first kappa shape index (κ1) is 44.9. The first-order valence-electron chi connectivity index (χ1n) is 20.0. The minimum Gasteiger partial charge on any atom is -0.386 e. The second kappa shape index (κ2) is 20.6. The first-order chi connectivity index (χ1) is 22.7. The zero-order chi connectivity index (χ0) is 37.7. The van der Waals surface area contributed by atoms with Gasteiger partial charge in [-0.3, -0.25) is 0 Å². The van der Waals surface area contributed by atoms with Gasteiger partial charge in [0.05, 0.1) is 5.82 Å². The van der Waals surface area contributed by atoms with Crippen molar-refractivity contribution in [2.75, 3.05) is 0 Å². The minimum atomic E-state index is 0.195. The molecule has 282 valence electrons. The van der Waals surface area contributed by atoms with Crippen molar-refractivity contribution >= 4 is 0 Å². The fourth-order valence-corrected chi connectivity index (χ4v) is 8.17. The molecule has 0 heterocycles. The number of allylic oxidation sites excluding steroid dienone is 3. The standard InChI is InChI=1S/C23H44N2.C20H33N.C3H6/c1-12-18(7)19(8)15-21(17(5)6)24-20(9)25-22(14-16(3)4)23(10,11)13-2;1-13(2)11-16(12-15-7-6-8-15)21-14(3)17-9-10-18-19(17)20(18,4)5;1-3-2/h17,19,21-22,24-25H,3,7,9,12-15H2,1-2,4-6,8,10-11H3;15-19,21H,1,3,6-12H2,2,4-5H3;3H,1H2,2H3/t;16?,17?,18-,19+;/m.0./s1. The normalized spacial score (nSPS) is 23.0. The maximum absolute atomic E-state index is 4.44. The summed E-state index contributed by atoms with van der Waals surface area (Å²) in [5, 5.41) is 11.1. The average Bonchev–Trinajstić information content (AvgIpc) is 3.29. The highest BCUT2D eigenvalue weighted by atomic mass is 15.1. The van der Waals surface area contributed by atoms with Crippen molar-refractivity contribution in [3.63, 3.8) is 0 Å². The van der Waals surface area contributed by atoms with E-state index in [9.17, 15) is 0 Å². The van der Waals surface area contributed by atoms with Gasteiger partial charge in [0, 0.05) is 29.7 Å². The molecule has 3 saturated carbocycles. The van der Waals surface area contributed by atoms with Crippen LogP contribution in [0.25, 0.3) is 0 Å². The SMILES string of the molecule is C=C(C)CC(CC1CCC1)NC(=C)C1CC[C@H]2[C@@H]1C2(C)C.C=C(C)CC(NC(=C)NC(CC(C)C(=C)CC)C(C)C)C(C)(C)CC.C=CC. The third-order valence-corrected chi connectivity index (χ3v) is 12.3. The van der Waals surface area contributed by atoms with Crippen LogP contribution in [0.3, 0.4) is 0 Å². The van der Waals surface area contributed by atoms with E-state index in [0.717, 1.165) is 61.6 Å². The molecule has 3 nitrogen and oxygen atoms in total. The lowest BCUT2D eigenvalue weighted by molar-refractivity contribution is 0.234. The highest BCUT2D eigenvalue weighted by Crippen LogP contribution is 2.70. The molecule has 49 heavy (non-hydrogen) atoms. The van der Waals surface area contributed by atoms with E-state index < -0.39 is 0 Å². The van der Waals surface area contributed by atoms with Gasteiger partial charge < -0.3 is 16.0 Å². The predicted octanol–water partition coefficient (Wildman–Crippen LogP) is 12.9. The van der Waals surface area contributed by atoms with Crippen molar-refractivity contribution in [3.05, 3.63) is 73.8 Å². The van der Waals surface area contributed by atoms with Crippen molar-refractivity contribution in [3.8, 4) is 0 Å². The summed E-state index contributed by atoms with van der Waals surface area (Å²) >= 11 is 0. The van der Waals surface area contributed by atoms with Gasteiger partial charge in [0.2, 0.25) is 0 Å². The van der Waals surface area contributed by atoms with E-state index in [1.165, 1.54) is 60.9 Å². The van der Waals surface area contributed by atoms with Crippen LogP contribution in [0.15, 0.2) is 73.8 Å². The molecule has 3 N–H and O–H groups in total. The van der Waals surface area contributed by atoms with Gasteiger partial charge in [-0.2, -0.15) is 0 Å². The number of rotatable bonds is 20. The highest BCUT2D eigenvalue weighted by Gasteiger charge is 2.64. The summed E-state index contributed by atoms with van der Waals surface area (Å²) < 4.78 is 0. The molecule has 3 fully saturated rings. The molecule has 0 saturated heterocycles. The van der Waals surface area contributed by atoms with Crippen LogP contribution < -0.4 is 16.0 Å². The molecule has 3 heteroatoms. The largest absolute Gasteiger partial charge is 0.386 e. The van der Waals surface area contributed by atoms with Crippen LogP contribution in [0.2, 0.25) is 0 Å². The molecular weight excluding hydrogens is 595 g/mol. The zero-order valence-electron chi connectivity index (χ0n) is 34.8. The van der Waals surface area contributed by atoms with Gasteiger partial charge in [-0.25, -0.2) is 0 Å². The Morgan fingerprint density at radius 1 is 0.878 bits per heavy atom. The van der Waals surface area contributed by atoms with E-state index in [1.807, 2.05) is 6.92 Å². The van der Waals surface area contributed by atoms with Gasteiger partial charge in [-0.05, 0) is 113 Å². The lowest BCUT2D eigenvalue weighted by Gasteiger charge is -2.37. The summed E-state index contributed by atoms with van der Waals surface area (Å²) in [5.41, 5.74) is 5.94. The summed E-state index contributed by atoms with van der Waals surface area (Å²) in [7, 11) is 0. The van der Waals surface area contributed by atoms with Crippen molar-refractivity contribution < 1.29 is 0 Å². The van der Waals surface area contributed by atoms with Crippen molar-refractivity contribution in [1.29, 1.82) is 0 Å². The van der Waals surface area contributed by atoms with Crippen LogP contribution >= 0.6 is 0 Å². The molecule has 0 aromatic rings. The molecule has 0 radical (unpaired) electrons. The summed E-state index contributed by atoms with van der Waals surface area (Å²) in [6, 6.07) is 1.31. The van der Waals surface area contributed by atoms with E-state index in [4.69, 9.17) is 0 Å². The number of hydrogen-bond acceptors (Lipinski definition) is 3. The molecule has 3 aliphatic rings. The molecule has 0 amide bonds. The molecule has 0 spiro atoms. The van der Waals surface area contributed by atoms with Gasteiger partial charge >= 0.3 is 0 Å². The Morgan fingerprint density at radius 2 is 1.45 bits per heavy atom. The summed E-state index contributed by atoms with van der Waals surface area (Å²) in [4.78, 5) is 0. The van der Waals surface area contributed by atoms with Gasteiger partial charge in [0.1, 0.15) is 0 Å². The Morgan fingerprint density at radius 3 is 1.86 bits per heavy atom. The number of fused-ring (bicyclic) bond motifs is 1. The summed E-state index contributed by atoms with van der Waals surface area (Å²) in [6.45, 7) is 51.4. The van der Waals surface area contributed by atoms with E-state index in [-0.39, 0.29) is 5.41 Å². The van der Waals surface area contributed by atoms with E-state index >= 15 is 0 Å². The highest BCUT2D eigenvalue weighted by molar-refractivity contribution is 5.20. The first-order valence-corrected chi connectivity index (χ1v) is 20.0. The van der Waals surface area contributed by atoms with Crippen LogP contribution in [0.1, 0.15) is 154 Å². The molecule has 7 atom stereocenters. The van der Waals surface area contributed by atoms with Gasteiger partial charge in [-0.1, -0.05) is 124 Å². The fraction of sp³-hybridized carbons (Fsp3) is 0.739. The third-order valence-electron chi connectivity index (χ3n) is 12.3. The van der Waals surface area contributed by atoms with Crippen LogP contribution in [0.4, 0.5) is 0 Å². The smallest absolute Gasteiger partial charge is 0.0917 e. The van der Waals surface area contributed by atoms with Crippen molar-refractivity contribution in [1.82, 2.24) is 16.0 Å². The Balaban J connectivity index is 0.000000457. The summed E-state index contributed by atoms with van der Waals surface area (Å²) in [5.74, 6) is 5.53. The number of hydrogen-bond donors (Lipinski definition) is 3. The zero-order valence-corrected chi connectivity index (χ0v) is 34.8. The molecule has 0 aromatic carbocycles. The second-order valence-electron chi connectivity index (χ2n) is 17.9.